The second-order valence-corrected chi connectivity index (χ2v) is 7.70. The van der Waals surface area contributed by atoms with E-state index in [0.717, 1.165) is 36.9 Å². The lowest BCUT2D eigenvalue weighted by atomic mass is 9.87. The van der Waals surface area contributed by atoms with Crippen molar-refractivity contribution in [1.29, 1.82) is 0 Å². The Morgan fingerprint density at radius 1 is 1.09 bits per heavy atom. The van der Waals surface area contributed by atoms with Crippen molar-refractivity contribution in [3.8, 4) is 0 Å². The van der Waals surface area contributed by atoms with Crippen LogP contribution < -0.4 is 10.6 Å². The van der Waals surface area contributed by atoms with Crippen molar-refractivity contribution in [2.24, 2.45) is 16.8 Å². The summed E-state index contributed by atoms with van der Waals surface area (Å²) in [7, 11) is 0. The Morgan fingerprint density at radius 2 is 1.83 bits per heavy atom. The minimum Gasteiger partial charge on any atom is -0.357 e. The third kappa shape index (κ3) is 6.07. The van der Waals surface area contributed by atoms with E-state index in [1.54, 1.807) is 0 Å². The van der Waals surface area contributed by atoms with Gasteiger partial charge >= 0.3 is 0 Å². The van der Waals surface area contributed by atoms with Crippen LogP contribution in [0, 0.1) is 11.8 Å². The summed E-state index contributed by atoms with van der Waals surface area (Å²) in [6, 6.07) is 1.55. The molecule has 0 aromatic heterocycles. The number of nitrogens with zero attached hydrogens (tertiary/aromatic N) is 2. The molecule has 2 aliphatic carbocycles. The Morgan fingerprint density at radius 3 is 2.48 bits per heavy atom. The molecule has 3 rings (SSSR count). The van der Waals surface area contributed by atoms with Crippen LogP contribution in [-0.4, -0.2) is 49.1 Å². The van der Waals surface area contributed by atoms with E-state index in [-0.39, 0.29) is 24.0 Å². The van der Waals surface area contributed by atoms with E-state index in [4.69, 9.17) is 4.99 Å². The third-order valence-corrected chi connectivity index (χ3v) is 5.59. The summed E-state index contributed by atoms with van der Waals surface area (Å²) >= 11 is 0. The monoisotopic (exact) mass is 434 g/mol. The molecule has 0 aromatic rings. The van der Waals surface area contributed by atoms with Gasteiger partial charge in [-0.05, 0) is 70.3 Å². The SMILES string of the molecule is CCNC(=NCC1CCN(C2CC2)C1)NC1CCC(C)CC1.I. The van der Waals surface area contributed by atoms with Crippen LogP contribution in [0.5, 0.6) is 0 Å². The van der Waals surface area contributed by atoms with Gasteiger partial charge in [0.15, 0.2) is 5.96 Å². The standard InChI is InChI=1S/C18H34N4.HI/c1-3-19-18(21-16-6-4-14(2)5-7-16)20-12-15-10-11-22(13-15)17-8-9-17;/h14-17H,3-13H2,1-2H3,(H2,19,20,21);1H. The molecule has 2 saturated carbocycles. The summed E-state index contributed by atoms with van der Waals surface area (Å²) in [5, 5.41) is 7.11. The summed E-state index contributed by atoms with van der Waals surface area (Å²) in [5.41, 5.74) is 0. The molecule has 1 heterocycles. The summed E-state index contributed by atoms with van der Waals surface area (Å²) < 4.78 is 0. The average Bonchev–Trinajstić information content (AvgIpc) is 3.26. The lowest BCUT2D eigenvalue weighted by Gasteiger charge is -2.28. The smallest absolute Gasteiger partial charge is 0.191 e. The minimum absolute atomic E-state index is 0. The minimum atomic E-state index is 0. The number of nitrogens with one attached hydrogen (secondary N) is 2. The molecule has 0 radical (unpaired) electrons. The van der Waals surface area contributed by atoms with E-state index >= 15 is 0 Å². The van der Waals surface area contributed by atoms with Gasteiger partial charge in [-0.25, -0.2) is 0 Å². The predicted molar refractivity (Wildman–Crippen MR) is 109 cm³/mol. The molecule has 1 saturated heterocycles. The fourth-order valence-corrected chi connectivity index (χ4v) is 3.92. The lowest BCUT2D eigenvalue weighted by molar-refractivity contribution is 0.315. The number of halogens is 1. The van der Waals surface area contributed by atoms with Crippen molar-refractivity contribution in [2.45, 2.75) is 70.9 Å². The highest BCUT2D eigenvalue weighted by Gasteiger charge is 2.34. The van der Waals surface area contributed by atoms with E-state index in [1.165, 1.54) is 58.0 Å². The van der Waals surface area contributed by atoms with Crippen LogP contribution in [-0.2, 0) is 0 Å². The first-order valence-electron chi connectivity index (χ1n) is 9.53. The summed E-state index contributed by atoms with van der Waals surface area (Å²) in [6.45, 7) is 9.05. The van der Waals surface area contributed by atoms with Gasteiger partial charge in [-0.15, -0.1) is 24.0 Å². The Hall–Kier alpha value is -0.0400. The maximum atomic E-state index is 4.89. The third-order valence-electron chi connectivity index (χ3n) is 5.59. The van der Waals surface area contributed by atoms with Crippen molar-refractivity contribution < 1.29 is 0 Å². The highest BCUT2D eigenvalue weighted by atomic mass is 127. The van der Waals surface area contributed by atoms with Gasteiger partial charge in [-0.1, -0.05) is 6.92 Å². The van der Waals surface area contributed by atoms with Crippen LogP contribution in [0.4, 0.5) is 0 Å². The average molecular weight is 434 g/mol. The molecule has 1 atom stereocenters. The summed E-state index contributed by atoms with van der Waals surface area (Å²) in [4.78, 5) is 7.57. The van der Waals surface area contributed by atoms with Gasteiger partial charge in [0.1, 0.15) is 0 Å². The van der Waals surface area contributed by atoms with Gasteiger partial charge in [0.2, 0.25) is 0 Å². The number of hydrogen-bond acceptors (Lipinski definition) is 2. The molecule has 4 nitrogen and oxygen atoms in total. The molecule has 0 amide bonds. The predicted octanol–water partition coefficient (Wildman–Crippen LogP) is 3.22. The van der Waals surface area contributed by atoms with E-state index < -0.39 is 0 Å². The van der Waals surface area contributed by atoms with E-state index in [2.05, 4.69) is 29.4 Å². The molecule has 0 bridgehead atoms. The van der Waals surface area contributed by atoms with Crippen molar-refractivity contribution in [3.05, 3.63) is 0 Å². The van der Waals surface area contributed by atoms with Crippen molar-refractivity contribution in [2.75, 3.05) is 26.2 Å². The molecule has 0 aromatic carbocycles. The molecule has 3 fully saturated rings. The number of guanidine groups is 1. The first-order chi connectivity index (χ1) is 10.7. The van der Waals surface area contributed by atoms with Crippen LogP contribution >= 0.6 is 24.0 Å². The highest BCUT2D eigenvalue weighted by Crippen LogP contribution is 2.31. The molecular weight excluding hydrogens is 399 g/mol. The van der Waals surface area contributed by atoms with Gasteiger partial charge in [0.05, 0.1) is 0 Å². The van der Waals surface area contributed by atoms with Crippen LogP contribution in [0.2, 0.25) is 0 Å². The largest absolute Gasteiger partial charge is 0.357 e. The van der Waals surface area contributed by atoms with E-state index in [9.17, 15) is 0 Å². The first-order valence-corrected chi connectivity index (χ1v) is 9.53. The molecular formula is C18H35IN4. The molecule has 2 N–H and O–H groups in total. The quantitative estimate of drug-likeness (QED) is 0.397. The lowest BCUT2D eigenvalue weighted by Crippen LogP contribution is -2.45. The summed E-state index contributed by atoms with van der Waals surface area (Å²) in [5.74, 6) is 2.72. The number of aliphatic imine (C=N–C) groups is 1. The van der Waals surface area contributed by atoms with Gasteiger partial charge in [0.25, 0.3) is 0 Å². The zero-order valence-corrected chi connectivity index (χ0v) is 17.2. The van der Waals surface area contributed by atoms with E-state index in [0.29, 0.717) is 6.04 Å². The van der Waals surface area contributed by atoms with Crippen molar-refractivity contribution in [3.63, 3.8) is 0 Å². The molecule has 23 heavy (non-hydrogen) atoms. The highest BCUT2D eigenvalue weighted by molar-refractivity contribution is 14.0. The molecule has 1 aliphatic heterocycles. The first kappa shape index (κ1) is 19.3. The molecule has 3 aliphatic rings. The molecule has 134 valence electrons. The zero-order valence-electron chi connectivity index (χ0n) is 14.9. The van der Waals surface area contributed by atoms with Crippen LogP contribution in [0.1, 0.15) is 58.8 Å². The maximum absolute atomic E-state index is 4.89. The second kappa shape index (κ2) is 9.44. The number of hydrogen-bond donors (Lipinski definition) is 2. The van der Waals surface area contributed by atoms with Gasteiger partial charge < -0.3 is 15.5 Å². The van der Waals surface area contributed by atoms with Gasteiger partial charge in [0, 0.05) is 31.7 Å². The number of likely N-dealkylation sites (tertiary alicyclic amines) is 1. The Balaban J connectivity index is 0.00000192. The fourth-order valence-electron chi connectivity index (χ4n) is 3.92. The van der Waals surface area contributed by atoms with Crippen molar-refractivity contribution in [1.82, 2.24) is 15.5 Å². The Bertz CT molecular complexity index is 375. The van der Waals surface area contributed by atoms with E-state index in [1.807, 2.05) is 0 Å². The Kier molecular flexibility index (Phi) is 7.92. The molecule has 0 spiro atoms. The maximum Gasteiger partial charge on any atom is 0.191 e. The molecule has 1 unspecified atom stereocenters. The second-order valence-electron chi connectivity index (χ2n) is 7.70. The normalized spacial score (nSPS) is 32.4. The number of rotatable bonds is 5. The summed E-state index contributed by atoms with van der Waals surface area (Å²) in [6.07, 6.45) is 9.50. The fraction of sp³-hybridized carbons (Fsp3) is 0.944. The van der Waals surface area contributed by atoms with Gasteiger partial charge in [-0.2, -0.15) is 0 Å². The van der Waals surface area contributed by atoms with Crippen LogP contribution in [0.3, 0.4) is 0 Å². The zero-order chi connectivity index (χ0) is 15.4. The Labute approximate surface area is 159 Å². The molecule has 5 heteroatoms. The van der Waals surface area contributed by atoms with Gasteiger partial charge in [-0.3, -0.25) is 4.99 Å². The van der Waals surface area contributed by atoms with Crippen LogP contribution in [0.25, 0.3) is 0 Å². The van der Waals surface area contributed by atoms with Crippen LogP contribution in [0.15, 0.2) is 4.99 Å². The topological polar surface area (TPSA) is 39.7 Å². The van der Waals surface area contributed by atoms with Crippen molar-refractivity contribution >= 4 is 29.9 Å².